The molecular weight excluding hydrogens is 186 g/mol. The first-order valence-electron chi connectivity index (χ1n) is 4.04. The van der Waals surface area contributed by atoms with Gasteiger partial charge in [0.1, 0.15) is 17.7 Å². The number of amides is 1. The van der Waals surface area contributed by atoms with Gasteiger partial charge < -0.3 is 16.0 Å². The first kappa shape index (κ1) is 8.54. The Morgan fingerprint density at radius 3 is 2.86 bits per heavy atom. The van der Waals surface area contributed by atoms with E-state index in [0.29, 0.717) is 11.5 Å². The van der Waals surface area contributed by atoms with Crippen LogP contribution in [0.3, 0.4) is 0 Å². The quantitative estimate of drug-likeness (QED) is 0.448. The number of hydrogen-bond acceptors (Lipinski definition) is 4. The van der Waals surface area contributed by atoms with Crippen LogP contribution in [0.4, 0.5) is 5.82 Å². The number of carbonyl (C=O) groups is 1. The number of imidazole rings is 1. The first-order valence-corrected chi connectivity index (χ1v) is 4.04. The lowest BCUT2D eigenvalue weighted by Gasteiger charge is -2.17. The normalized spacial score (nSPS) is 19.5. The van der Waals surface area contributed by atoms with E-state index in [1.807, 2.05) is 0 Å². The van der Waals surface area contributed by atoms with Crippen molar-refractivity contribution in [3.63, 3.8) is 0 Å². The van der Waals surface area contributed by atoms with E-state index < -0.39 is 11.6 Å². The largest absolute Gasteiger partial charge is 0.364 e. The Hall–Kier alpha value is -2.05. The van der Waals surface area contributed by atoms with E-state index in [2.05, 4.69) is 20.3 Å². The summed E-state index contributed by atoms with van der Waals surface area (Å²) >= 11 is 0. The van der Waals surface area contributed by atoms with Crippen molar-refractivity contribution in [2.24, 2.45) is 10.7 Å². The average Bonchev–Trinajstić information content (AvgIpc) is 2.42. The van der Waals surface area contributed by atoms with E-state index in [4.69, 9.17) is 5.73 Å². The summed E-state index contributed by atoms with van der Waals surface area (Å²) in [4.78, 5) is 30.9. The summed E-state index contributed by atoms with van der Waals surface area (Å²) in [5.74, 6) is -0.207. The van der Waals surface area contributed by atoms with Gasteiger partial charge in [-0.05, 0) is 6.92 Å². The Bertz CT molecular complexity index is 469. The number of aromatic nitrogens is 2. The van der Waals surface area contributed by atoms with Crippen LogP contribution in [0.1, 0.15) is 12.6 Å². The van der Waals surface area contributed by atoms with E-state index >= 15 is 0 Å². The van der Waals surface area contributed by atoms with Gasteiger partial charge in [0, 0.05) is 0 Å². The van der Waals surface area contributed by atoms with Crippen molar-refractivity contribution in [3.8, 4) is 0 Å². The summed E-state index contributed by atoms with van der Waals surface area (Å²) in [6.45, 7) is 1.75. The molecular formula is C7H9N5O2. The minimum atomic E-state index is -0.658. The highest BCUT2D eigenvalue weighted by atomic mass is 16.1. The molecule has 14 heavy (non-hydrogen) atoms. The fourth-order valence-corrected chi connectivity index (χ4v) is 1.36. The molecule has 1 aromatic heterocycles. The number of aliphatic imine (C=N–C) groups is 1. The lowest BCUT2D eigenvalue weighted by Crippen LogP contribution is -2.32. The van der Waals surface area contributed by atoms with Crippen LogP contribution in [0, 0.1) is 0 Å². The summed E-state index contributed by atoms with van der Waals surface area (Å²) in [5, 5.41) is 2.88. The molecule has 7 nitrogen and oxygen atoms in total. The third-order valence-electron chi connectivity index (χ3n) is 1.87. The molecule has 0 radical (unpaired) electrons. The summed E-state index contributed by atoms with van der Waals surface area (Å²) in [6.07, 6.45) is -0.281. The monoisotopic (exact) mass is 195 g/mol. The number of hydrogen-bond donors (Lipinski definition) is 4. The number of primary amides is 1. The zero-order chi connectivity index (χ0) is 10.3. The second-order valence-electron chi connectivity index (χ2n) is 2.99. The number of fused-ring (bicyclic) bond motifs is 1. The number of anilines is 1. The van der Waals surface area contributed by atoms with E-state index in [1.54, 1.807) is 6.92 Å². The van der Waals surface area contributed by atoms with E-state index in [0.717, 1.165) is 0 Å². The van der Waals surface area contributed by atoms with Crippen LogP contribution in [0.2, 0.25) is 0 Å². The second-order valence-corrected chi connectivity index (χ2v) is 2.99. The fraction of sp³-hybridized carbons (Fsp3) is 0.286. The molecule has 7 heteroatoms. The highest BCUT2D eigenvalue weighted by molar-refractivity contribution is 6.45. The SMILES string of the molecule is CC1N=C(C(N)=O)c2[nH]c(=O)[nH]c2N1. The molecule has 0 fully saturated rings. The van der Waals surface area contributed by atoms with Gasteiger partial charge in [-0.1, -0.05) is 0 Å². The Labute approximate surface area is 78.4 Å². The van der Waals surface area contributed by atoms with Gasteiger partial charge in [-0.2, -0.15) is 0 Å². The minimum absolute atomic E-state index is 0.0876. The Balaban J connectivity index is 2.59. The smallest absolute Gasteiger partial charge is 0.325 e. The molecule has 1 atom stereocenters. The van der Waals surface area contributed by atoms with Gasteiger partial charge in [0.05, 0.1) is 0 Å². The predicted octanol–water partition coefficient (Wildman–Crippen LogP) is -1.25. The van der Waals surface area contributed by atoms with Crippen molar-refractivity contribution >= 4 is 17.4 Å². The molecule has 1 amide bonds. The molecule has 1 aromatic rings. The zero-order valence-electron chi connectivity index (χ0n) is 7.42. The maximum atomic E-state index is 11.0. The maximum absolute atomic E-state index is 11.0. The summed E-state index contributed by atoms with van der Waals surface area (Å²) in [5.41, 5.74) is 5.13. The molecule has 0 aromatic carbocycles. The summed E-state index contributed by atoms with van der Waals surface area (Å²) in [7, 11) is 0. The molecule has 1 unspecified atom stereocenters. The second kappa shape index (κ2) is 2.72. The highest BCUT2D eigenvalue weighted by Crippen LogP contribution is 2.15. The van der Waals surface area contributed by atoms with Crippen molar-refractivity contribution in [1.29, 1.82) is 0 Å². The third kappa shape index (κ3) is 1.18. The number of nitrogens with zero attached hydrogens (tertiary/aromatic N) is 1. The van der Waals surface area contributed by atoms with Crippen molar-refractivity contribution in [2.45, 2.75) is 13.1 Å². The molecule has 0 saturated carbocycles. The summed E-state index contributed by atoms with van der Waals surface area (Å²) < 4.78 is 0. The molecule has 2 heterocycles. The number of H-pyrrole nitrogens is 2. The number of nitrogens with one attached hydrogen (secondary N) is 3. The molecule has 1 aliphatic rings. The zero-order valence-corrected chi connectivity index (χ0v) is 7.42. The number of aromatic amines is 2. The van der Waals surface area contributed by atoms with Gasteiger partial charge in [-0.3, -0.25) is 14.8 Å². The van der Waals surface area contributed by atoms with Gasteiger partial charge in [0.25, 0.3) is 5.91 Å². The van der Waals surface area contributed by atoms with Crippen LogP contribution in [0.15, 0.2) is 9.79 Å². The molecule has 0 saturated heterocycles. The fourth-order valence-electron chi connectivity index (χ4n) is 1.36. The average molecular weight is 195 g/mol. The molecule has 5 N–H and O–H groups in total. The Morgan fingerprint density at radius 2 is 2.21 bits per heavy atom. The van der Waals surface area contributed by atoms with Crippen LogP contribution >= 0.6 is 0 Å². The molecule has 74 valence electrons. The van der Waals surface area contributed by atoms with E-state index in [-0.39, 0.29) is 11.9 Å². The molecule has 1 aliphatic heterocycles. The van der Waals surface area contributed by atoms with Gasteiger partial charge >= 0.3 is 5.69 Å². The molecule has 0 spiro atoms. The van der Waals surface area contributed by atoms with Gasteiger partial charge in [0.15, 0.2) is 5.71 Å². The van der Waals surface area contributed by atoms with E-state index in [1.165, 1.54) is 0 Å². The first-order chi connectivity index (χ1) is 6.58. The lowest BCUT2D eigenvalue weighted by atomic mass is 10.2. The number of carbonyl (C=O) groups excluding carboxylic acids is 1. The van der Waals surface area contributed by atoms with Gasteiger partial charge in [-0.25, -0.2) is 4.79 Å². The Morgan fingerprint density at radius 1 is 1.50 bits per heavy atom. The summed E-state index contributed by atoms with van der Waals surface area (Å²) in [6, 6.07) is 0. The Kier molecular flexibility index (Phi) is 1.66. The third-order valence-corrected chi connectivity index (χ3v) is 1.87. The van der Waals surface area contributed by atoms with Crippen LogP contribution in [0.5, 0.6) is 0 Å². The lowest BCUT2D eigenvalue weighted by molar-refractivity contribution is -0.111. The standard InChI is InChI=1S/C7H9N5O2/c1-2-9-3(5(8)13)4-6(10-2)12-7(14)11-4/h2,10H,1H3,(H2,8,13)(H2,11,12,14). The van der Waals surface area contributed by atoms with Crippen molar-refractivity contribution in [1.82, 2.24) is 9.97 Å². The maximum Gasteiger partial charge on any atom is 0.325 e. The molecule has 0 aliphatic carbocycles. The van der Waals surface area contributed by atoms with Gasteiger partial charge in [-0.15, -0.1) is 0 Å². The molecule has 2 rings (SSSR count). The predicted molar refractivity (Wildman–Crippen MR) is 50.2 cm³/mol. The van der Waals surface area contributed by atoms with Crippen LogP contribution in [-0.4, -0.2) is 27.8 Å². The van der Waals surface area contributed by atoms with Crippen molar-refractivity contribution in [2.75, 3.05) is 5.32 Å². The highest BCUT2D eigenvalue weighted by Gasteiger charge is 2.23. The minimum Gasteiger partial charge on any atom is -0.364 e. The van der Waals surface area contributed by atoms with Crippen LogP contribution in [-0.2, 0) is 4.79 Å². The number of rotatable bonds is 1. The van der Waals surface area contributed by atoms with Crippen molar-refractivity contribution in [3.05, 3.63) is 16.2 Å². The molecule has 0 bridgehead atoms. The van der Waals surface area contributed by atoms with Crippen LogP contribution < -0.4 is 16.7 Å². The van der Waals surface area contributed by atoms with E-state index in [9.17, 15) is 9.59 Å². The van der Waals surface area contributed by atoms with Crippen LogP contribution in [0.25, 0.3) is 0 Å². The topological polar surface area (TPSA) is 116 Å². The van der Waals surface area contributed by atoms with Gasteiger partial charge in [0.2, 0.25) is 0 Å². The van der Waals surface area contributed by atoms with Crippen molar-refractivity contribution < 1.29 is 4.79 Å². The number of nitrogens with two attached hydrogens (primary N) is 1.